The number of methoxy groups -OCH3 is 1. The number of benzene rings is 1. The van der Waals surface area contributed by atoms with Crippen molar-refractivity contribution < 1.29 is 14.6 Å². The first-order valence-corrected chi connectivity index (χ1v) is 7.52. The van der Waals surface area contributed by atoms with E-state index >= 15 is 0 Å². The van der Waals surface area contributed by atoms with Gasteiger partial charge in [-0.05, 0) is 31.7 Å². The van der Waals surface area contributed by atoms with Crippen molar-refractivity contribution in [3.05, 3.63) is 35.9 Å². The van der Waals surface area contributed by atoms with Crippen molar-refractivity contribution >= 4 is 5.91 Å². The molecule has 4 heteroatoms. The number of hydrogen-bond donors (Lipinski definition) is 2. The zero-order valence-electron chi connectivity index (χ0n) is 13.1. The van der Waals surface area contributed by atoms with Crippen LogP contribution in [0.2, 0.25) is 0 Å². The Kier molecular flexibility index (Phi) is 4.69. The van der Waals surface area contributed by atoms with E-state index in [0.29, 0.717) is 6.54 Å². The van der Waals surface area contributed by atoms with E-state index in [2.05, 4.69) is 5.32 Å². The molecule has 1 saturated carbocycles. The maximum atomic E-state index is 12.4. The summed E-state index contributed by atoms with van der Waals surface area (Å²) in [6, 6.07) is 9.59. The lowest BCUT2D eigenvalue weighted by Gasteiger charge is -2.41. The summed E-state index contributed by atoms with van der Waals surface area (Å²) >= 11 is 0. The molecule has 0 heterocycles. The second kappa shape index (κ2) is 6.16. The van der Waals surface area contributed by atoms with Crippen LogP contribution in [0.3, 0.4) is 0 Å². The number of ether oxygens (including phenoxy) is 1. The Bertz CT molecular complexity index is 475. The minimum Gasteiger partial charge on any atom is -0.380 e. The van der Waals surface area contributed by atoms with Crippen LogP contribution in [0, 0.1) is 0 Å². The fraction of sp³-hybridized carbons (Fsp3) is 0.588. The predicted molar refractivity (Wildman–Crippen MR) is 82.1 cm³/mol. The third-order valence-electron chi connectivity index (χ3n) is 4.87. The van der Waals surface area contributed by atoms with Crippen molar-refractivity contribution in [2.24, 2.45) is 0 Å². The zero-order chi connectivity index (χ0) is 15.5. The van der Waals surface area contributed by atoms with Crippen LogP contribution in [0.5, 0.6) is 0 Å². The summed E-state index contributed by atoms with van der Waals surface area (Å²) in [7, 11) is 1.68. The van der Waals surface area contributed by atoms with Gasteiger partial charge in [0.25, 0.3) is 5.91 Å². The van der Waals surface area contributed by atoms with E-state index < -0.39 is 5.60 Å². The average molecular weight is 291 g/mol. The fourth-order valence-electron chi connectivity index (χ4n) is 2.71. The Balaban J connectivity index is 1.99. The van der Waals surface area contributed by atoms with E-state index in [1.165, 1.54) is 0 Å². The molecule has 21 heavy (non-hydrogen) atoms. The molecule has 1 fully saturated rings. The number of aliphatic hydroxyl groups is 1. The van der Waals surface area contributed by atoms with Gasteiger partial charge >= 0.3 is 0 Å². The normalized spacial score (nSPS) is 21.0. The second-order valence-electron chi connectivity index (χ2n) is 6.20. The van der Waals surface area contributed by atoms with Crippen molar-refractivity contribution in [2.45, 2.75) is 50.2 Å². The summed E-state index contributed by atoms with van der Waals surface area (Å²) in [4.78, 5) is 12.4. The monoisotopic (exact) mass is 291 g/mol. The second-order valence-corrected chi connectivity index (χ2v) is 6.20. The van der Waals surface area contributed by atoms with Crippen LogP contribution in [0.1, 0.15) is 44.6 Å². The highest BCUT2D eigenvalue weighted by atomic mass is 16.5. The number of carbonyl (C=O) groups excluding carboxylic acids is 1. The molecule has 0 unspecified atom stereocenters. The Hall–Kier alpha value is -1.39. The van der Waals surface area contributed by atoms with Gasteiger partial charge in [0.05, 0.1) is 5.60 Å². The molecule has 116 valence electrons. The first-order chi connectivity index (χ1) is 9.91. The summed E-state index contributed by atoms with van der Waals surface area (Å²) in [6.45, 7) is 3.89. The van der Waals surface area contributed by atoms with Gasteiger partial charge in [0.1, 0.15) is 5.60 Å². The largest absolute Gasteiger partial charge is 0.380 e. The summed E-state index contributed by atoms with van der Waals surface area (Å²) in [5, 5.41) is 13.5. The molecule has 0 bridgehead atoms. The Morgan fingerprint density at radius 1 is 1.43 bits per heavy atom. The lowest BCUT2D eigenvalue weighted by Crippen LogP contribution is -2.55. The van der Waals surface area contributed by atoms with Gasteiger partial charge in [-0.3, -0.25) is 4.79 Å². The van der Waals surface area contributed by atoms with Crippen LogP contribution in [0.15, 0.2) is 30.3 Å². The van der Waals surface area contributed by atoms with E-state index in [0.717, 1.165) is 24.8 Å². The van der Waals surface area contributed by atoms with Crippen molar-refractivity contribution in [3.8, 4) is 0 Å². The van der Waals surface area contributed by atoms with Gasteiger partial charge in [-0.15, -0.1) is 0 Å². The summed E-state index contributed by atoms with van der Waals surface area (Å²) in [5.41, 5.74) is -0.732. The molecule has 0 radical (unpaired) electrons. The standard InChI is InChI=1S/C17H25NO3/c1-13(14-8-5-4-6-9-14)16(2,20)15(19)18-12-17(21-3)10-7-11-17/h4-6,8-9,13,20H,7,10-12H2,1-3H3,(H,18,19)/t13-,16+/m0/s1. The summed E-state index contributed by atoms with van der Waals surface area (Å²) < 4.78 is 5.49. The van der Waals surface area contributed by atoms with Crippen molar-refractivity contribution in [2.75, 3.05) is 13.7 Å². The molecule has 2 rings (SSSR count). The molecule has 2 atom stereocenters. The third kappa shape index (κ3) is 3.27. The maximum absolute atomic E-state index is 12.4. The van der Waals surface area contributed by atoms with Crippen LogP contribution in [0.4, 0.5) is 0 Å². The maximum Gasteiger partial charge on any atom is 0.252 e. The SMILES string of the molecule is COC1(CNC(=O)[C@](C)(O)[C@@H](C)c2ccccc2)CCC1. The highest BCUT2D eigenvalue weighted by Gasteiger charge is 2.41. The van der Waals surface area contributed by atoms with Gasteiger partial charge in [0.15, 0.2) is 0 Å². The van der Waals surface area contributed by atoms with Crippen LogP contribution < -0.4 is 5.32 Å². The van der Waals surface area contributed by atoms with E-state index in [1.807, 2.05) is 37.3 Å². The molecule has 1 aliphatic carbocycles. The van der Waals surface area contributed by atoms with Gasteiger partial charge in [-0.2, -0.15) is 0 Å². The molecule has 0 aromatic heterocycles. The number of hydrogen-bond acceptors (Lipinski definition) is 3. The number of nitrogens with one attached hydrogen (secondary N) is 1. The molecule has 1 aliphatic rings. The minimum absolute atomic E-state index is 0.234. The summed E-state index contributed by atoms with van der Waals surface area (Å²) in [5.74, 6) is -0.624. The van der Waals surface area contributed by atoms with Gasteiger partial charge in [-0.1, -0.05) is 37.3 Å². The predicted octanol–water partition coefficient (Wildman–Crippen LogP) is 2.23. The summed E-state index contributed by atoms with van der Waals surface area (Å²) in [6.07, 6.45) is 3.04. The van der Waals surface area contributed by atoms with Gasteiger partial charge in [-0.25, -0.2) is 0 Å². The van der Waals surface area contributed by atoms with Crippen molar-refractivity contribution in [1.29, 1.82) is 0 Å². The topological polar surface area (TPSA) is 58.6 Å². The van der Waals surface area contributed by atoms with Gasteiger partial charge in [0.2, 0.25) is 0 Å². The molecule has 1 aromatic rings. The molecule has 2 N–H and O–H groups in total. The van der Waals surface area contributed by atoms with Crippen LogP contribution in [0.25, 0.3) is 0 Å². The smallest absolute Gasteiger partial charge is 0.252 e. The lowest BCUT2D eigenvalue weighted by molar-refractivity contribution is -0.143. The Morgan fingerprint density at radius 3 is 2.52 bits per heavy atom. The first kappa shape index (κ1) is 16.0. The third-order valence-corrected chi connectivity index (χ3v) is 4.87. The molecule has 1 aromatic carbocycles. The van der Waals surface area contributed by atoms with Gasteiger partial charge in [0, 0.05) is 19.6 Å². The first-order valence-electron chi connectivity index (χ1n) is 7.52. The van der Waals surface area contributed by atoms with Gasteiger partial charge < -0.3 is 15.2 Å². The Labute approximate surface area is 126 Å². The molecule has 1 amide bonds. The minimum atomic E-state index is -1.44. The number of rotatable bonds is 6. The van der Waals surface area contributed by atoms with Crippen LogP contribution in [-0.4, -0.2) is 35.9 Å². The van der Waals surface area contributed by atoms with Crippen LogP contribution >= 0.6 is 0 Å². The van der Waals surface area contributed by atoms with E-state index in [1.54, 1.807) is 14.0 Å². The van der Waals surface area contributed by atoms with E-state index in [4.69, 9.17) is 4.74 Å². The molecular formula is C17H25NO3. The quantitative estimate of drug-likeness (QED) is 0.845. The lowest BCUT2D eigenvalue weighted by atomic mass is 9.79. The van der Waals surface area contributed by atoms with E-state index in [-0.39, 0.29) is 17.4 Å². The average Bonchev–Trinajstić information content (AvgIpc) is 2.46. The molecule has 0 spiro atoms. The molecule has 0 aliphatic heterocycles. The van der Waals surface area contributed by atoms with Crippen molar-refractivity contribution in [1.82, 2.24) is 5.32 Å². The van der Waals surface area contributed by atoms with Crippen LogP contribution in [-0.2, 0) is 9.53 Å². The highest BCUT2D eigenvalue weighted by molar-refractivity contribution is 5.85. The molecule has 4 nitrogen and oxygen atoms in total. The highest BCUT2D eigenvalue weighted by Crippen LogP contribution is 2.34. The number of carbonyl (C=O) groups is 1. The fourth-order valence-corrected chi connectivity index (χ4v) is 2.71. The Morgan fingerprint density at radius 2 is 2.05 bits per heavy atom. The molecular weight excluding hydrogens is 266 g/mol. The zero-order valence-corrected chi connectivity index (χ0v) is 13.1. The molecule has 0 saturated heterocycles. The number of amides is 1. The van der Waals surface area contributed by atoms with E-state index in [9.17, 15) is 9.90 Å². The van der Waals surface area contributed by atoms with Crippen molar-refractivity contribution in [3.63, 3.8) is 0 Å².